The van der Waals surface area contributed by atoms with E-state index in [2.05, 4.69) is 17.5 Å². The van der Waals surface area contributed by atoms with Crippen LogP contribution in [0.2, 0.25) is 0 Å². The van der Waals surface area contributed by atoms with Crippen LogP contribution in [0.1, 0.15) is 53.4 Å². The fourth-order valence-electron chi connectivity index (χ4n) is 4.29. The predicted octanol–water partition coefficient (Wildman–Crippen LogP) is 1.97. The first-order valence-corrected chi connectivity index (χ1v) is 8.71. The van der Waals surface area contributed by atoms with E-state index in [4.69, 9.17) is 0 Å². The van der Waals surface area contributed by atoms with Gasteiger partial charge in [0.15, 0.2) is 10.8 Å². The number of likely N-dealkylation sites (tertiary alicyclic amines) is 1. The van der Waals surface area contributed by atoms with Crippen molar-refractivity contribution in [2.75, 3.05) is 13.1 Å². The Morgan fingerprint density at radius 2 is 1.67 bits per heavy atom. The number of hydrogen-bond acceptors (Lipinski definition) is 5. The van der Waals surface area contributed by atoms with Gasteiger partial charge in [-0.2, -0.15) is 10.5 Å². The molecular weight excluding hydrogens is 304 g/mol. The van der Waals surface area contributed by atoms with E-state index in [0.29, 0.717) is 6.42 Å². The zero-order valence-corrected chi connectivity index (χ0v) is 15.0. The number of nitriles is 2. The van der Waals surface area contributed by atoms with Gasteiger partial charge in [-0.25, -0.2) is 0 Å². The number of nitrogens with one attached hydrogen (secondary N) is 1. The van der Waals surface area contributed by atoms with Gasteiger partial charge in [0, 0.05) is 24.5 Å². The number of rotatable bonds is 5. The summed E-state index contributed by atoms with van der Waals surface area (Å²) in [7, 11) is 0. The highest BCUT2D eigenvalue weighted by Crippen LogP contribution is 2.60. The lowest BCUT2D eigenvalue weighted by molar-refractivity contribution is -0.180. The molecule has 0 aromatic carbocycles. The van der Waals surface area contributed by atoms with Gasteiger partial charge in [-0.05, 0) is 19.8 Å². The van der Waals surface area contributed by atoms with Gasteiger partial charge in [-0.3, -0.25) is 19.8 Å². The molecule has 6 nitrogen and oxygen atoms in total. The quantitative estimate of drug-likeness (QED) is 0.777. The molecule has 0 aromatic heterocycles. The van der Waals surface area contributed by atoms with Crippen LogP contribution in [0.4, 0.5) is 0 Å². The number of fused-ring (bicyclic) bond motifs is 2. The Morgan fingerprint density at radius 3 is 2.04 bits per heavy atom. The number of imide groups is 1. The summed E-state index contributed by atoms with van der Waals surface area (Å²) in [5.74, 6) is -1.10. The second kappa shape index (κ2) is 6.18. The molecule has 0 aromatic rings. The fourth-order valence-corrected chi connectivity index (χ4v) is 4.29. The second-order valence-electron chi connectivity index (χ2n) is 7.42. The van der Waals surface area contributed by atoms with Crippen molar-refractivity contribution < 1.29 is 9.59 Å². The average Bonchev–Trinajstić information content (AvgIpc) is 2.58. The molecule has 3 unspecified atom stereocenters. The van der Waals surface area contributed by atoms with Gasteiger partial charge >= 0.3 is 0 Å². The van der Waals surface area contributed by atoms with Crippen molar-refractivity contribution >= 4 is 11.8 Å². The van der Waals surface area contributed by atoms with Crippen LogP contribution in [-0.4, -0.2) is 35.8 Å². The van der Waals surface area contributed by atoms with Crippen molar-refractivity contribution in [3.05, 3.63) is 0 Å². The molecule has 2 bridgehead atoms. The number of hydrogen-bond donors (Lipinski definition) is 1. The van der Waals surface area contributed by atoms with E-state index < -0.39 is 28.1 Å². The summed E-state index contributed by atoms with van der Waals surface area (Å²) in [6.45, 7) is 8.36. The van der Waals surface area contributed by atoms with Crippen molar-refractivity contribution in [1.29, 1.82) is 10.5 Å². The van der Waals surface area contributed by atoms with E-state index in [1.807, 2.05) is 25.7 Å². The lowest BCUT2D eigenvalue weighted by atomic mass is 9.45. The predicted molar refractivity (Wildman–Crippen MR) is 88.2 cm³/mol. The monoisotopic (exact) mass is 330 g/mol. The lowest BCUT2D eigenvalue weighted by Gasteiger charge is -2.61. The first-order chi connectivity index (χ1) is 11.3. The van der Waals surface area contributed by atoms with Gasteiger partial charge in [0.25, 0.3) is 0 Å². The summed E-state index contributed by atoms with van der Waals surface area (Å²) in [5.41, 5.74) is -3.75. The van der Waals surface area contributed by atoms with Crippen molar-refractivity contribution in [2.24, 2.45) is 16.2 Å². The molecule has 3 atom stereocenters. The summed E-state index contributed by atoms with van der Waals surface area (Å²) < 4.78 is 0. The molecule has 2 aliphatic heterocycles. The summed E-state index contributed by atoms with van der Waals surface area (Å²) in [5, 5.41) is 22.3. The molecule has 2 fully saturated rings. The van der Waals surface area contributed by atoms with Crippen LogP contribution in [0.15, 0.2) is 0 Å². The first-order valence-electron chi connectivity index (χ1n) is 8.71. The smallest absolute Gasteiger partial charge is 0.249 e. The van der Waals surface area contributed by atoms with Crippen molar-refractivity contribution in [2.45, 2.75) is 59.4 Å². The van der Waals surface area contributed by atoms with Gasteiger partial charge in [0.05, 0.1) is 12.1 Å². The lowest BCUT2D eigenvalue weighted by Crippen LogP contribution is -2.77. The van der Waals surface area contributed by atoms with Gasteiger partial charge in [0.2, 0.25) is 11.8 Å². The minimum Gasteiger partial charge on any atom is -0.296 e. The molecule has 2 amide bonds. The minimum absolute atomic E-state index is 0.0971. The normalized spacial score (nSPS) is 37.2. The fraction of sp³-hybridized carbons (Fsp3) is 0.778. The van der Waals surface area contributed by atoms with Crippen LogP contribution in [0.3, 0.4) is 0 Å². The zero-order chi connectivity index (χ0) is 18.2. The maximum Gasteiger partial charge on any atom is 0.249 e. The minimum atomic E-state index is -1.38. The van der Waals surface area contributed by atoms with Crippen LogP contribution in [0.25, 0.3) is 0 Å². The highest BCUT2D eigenvalue weighted by atomic mass is 16.2. The summed E-state index contributed by atoms with van der Waals surface area (Å²) in [4.78, 5) is 27.5. The Bertz CT molecular complexity index is 590. The molecule has 2 saturated heterocycles. The maximum atomic E-state index is 12.8. The number of nitrogens with zero attached hydrogens (tertiary/aromatic N) is 3. The highest BCUT2D eigenvalue weighted by molar-refractivity contribution is 6.07. The molecule has 1 N–H and O–H groups in total. The molecule has 0 radical (unpaired) electrons. The first kappa shape index (κ1) is 18.4. The van der Waals surface area contributed by atoms with Crippen molar-refractivity contribution in [3.8, 4) is 12.1 Å². The maximum absolute atomic E-state index is 12.8. The zero-order valence-electron chi connectivity index (χ0n) is 15.0. The Morgan fingerprint density at radius 1 is 1.17 bits per heavy atom. The van der Waals surface area contributed by atoms with E-state index in [9.17, 15) is 20.1 Å². The molecule has 0 aliphatic carbocycles. The largest absolute Gasteiger partial charge is 0.296 e. The van der Waals surface area contributed by atoms with Gasteiger partial charge < -0.3 is 0 Å². The molecule has 0 saturated carbocycles. The van der Waals surface area contributed by atoms with Crippen LogP contribution in [0.5, 0.6) is 0 Å². The van der Waals surface area contributed by atoms with Crippen LogP contribution >= 0.6 is 0 Å². The molecule has 2 aliphatic rings. The number of carbonyl (C=O) groups excluding carboxylic acids is 2. The number of amides is 2. The molecule has 24 heavy (non-hydrogen) atoms. The van der Waals surface area contributed by atoms with E-state index in [1.165, 1.54) is 0 Å². The molecule has 6 heteroatoms. The molecule has 0 spiro atoms. The standard InChI is InChI=1S/C18H26N4O2/c1-5-7-8-16(4)17(9-19)11-22(13(3)6-2)12-18(16,10-20)15(24)21-14(17)23/h13H,5-8,11-12H2,1-4H3,(H,21,23,24). The van der Waals surface area contributed by atoms with Gasteiger partial charge in [-0.15, -0.1) is 0 Å². The van der Waals surface area contributed by atoms with Gasteiger partial charge in [-0.1, -0.05) is 33.6 Å². The molecule has 130 valence electrons. The molecule has 2 rings (SSSR count). The van der Waals surface area contributed by atoms with Crippen molar-refractivity contribution in [3.63, 3.8) is 0 Å². The third kappa shape index (κ3) is 2.09. The summed E-state index contributed by atoms with van der Waals surface area (Å²) in [6, 6.07) is 4.56. The number of carbonyl (C=O) groups is 2. The van der Waals surface area contributed by atoms with Crippen molar-refractivity contribution in [1.82, 2.24) is 10.2 Å². The average molecular weight is 330 g/mol. The van der Waals surface area contributed by atoms with E-state index in [0.717, 1.165) is 19.3 Å². The van der Waals surface area contributed by atoms with Crippen LogP contribution < -0.4 is 5.32 Å². The summed E-state index contributed by atoms with van der Waals surface area (Å²) in [6.07, 6.45) is 2.99. The Hall–Kier alpha value is -1.92. The topological polar surface area (TPSA) is 97.0 Å². The van der Waals surface area contributed by atoms with E-state index in [-0.39, 0.29) is 19.1 Å². The highest BCUT2D eigenvalue weighted by Gasteiger charge is 2.74. The third-order valence-corrected chi connectivity index (χ3v) is 6.39. The van der Waals surface area contributed by atoms with Crippen LogP contribution in [-0.2, 0) is 9.59 Å². The summed E-state index contributed by atoms with van der Waals surface area (Å²) >= 11 is 0. The molecule has 2 heterocycles. The second-order valence-corrected chi connectivity index (χ2v) is 7.42. The third-order valence-electron chi connectivity index (χ3n) is 6.39. The SMILES string of the molecule is CCCCC1(C)C2(C#N)CN(C(C)CC)CC1(C#N)C(=O)NC2=O. The Kier molecular flexibility index (Phi) is 4.74. The number of piperidine rings is 2. The van der Waals surface area contributed by atoms with E-state index in [1.54, 1.807) is 6.92 Å². The van der Waals surface area contributed by atoms with Crippen LogP contribution in [0, 0.1) is 38.9 Å². The Balaban J connectivity index is 2.69. The molecular formula is C18H26N4O2. The number of unbranched alkanes of at least 4 members (excludes halogenated alkanes) is 1. The van der Waals surface area contributed by atoms with Gasteiger partial charge in [0.1, 0.15) is 0 Å². The van der Waals surface area contributed by atoms with E-state index >= 15 is 0 Å². The Labute approximate surface area is 143 Å².